The molecule has 3 nitrogen and oxygen atoms in total. The molecule has 0 aliphatic heterocycles. The van der Waals surface area contributed by atoms with E-state index in [1.54, 1.807) is 49.4 Å². The minimum atomic E-state index is -0.774. The van der Waals surface area contributed by atoms with Gasteiger partial charge in [0, 0.05) is 11.1 Å². The number of rotatable bonds is 8. The molecule has 3 aromatic rings. The third-order valence-corrected chi connectivity index (χ3v) is 5.01. The Labute approximate surface area is 181 Å². The Morgan fingerprint density at radius 3 is 2.06 bits per heavy atom. The van der Waals surface area contributed by atoms with Gasteiger partial charge in [0.1, 0.15) is 17.4 Å². The molecular formula is C26H26F2O3. The molecule has 0 saturated heterocycles. The van der Waals surface area contributed by atoms with Crippen LogP contribution in [0, 0.1) is 11.6 Å². The zero-order chi connectivity index (χ0) is 22.2. The molecule has 5 heteroatoms. The second-order valence-corrected chi connectivity index (χ2v) is 7.28. The molecule has 0 atom stereocenters. The van der Waals surface area contributed by atoms with Crippen molar-refractivity contribution in [2.75, 3.05) is 6.61 Å². The fraction of sp³-hybridized carbons (Fsp3) is 0.269. The summed E-state index contributed by atoms with van der Waals surface area (Å²) in [7, 11) is 0. The molecule has 0 aromatic heterocycles. The zero-order valence-electron chi connectivity index (χ0n) is 17.8. The van der Waals surface area contributed by atoms with Crippen molar-refractivity contribution in [1.29, 1.82) is 0 Å². The summed E-state index contributed by atoms with van der Waals surface area (Å²) in [6.45, 7) is 4.04. The van der Waals surface area contributed by atoms with Crippen LogP contribution in [-0.4, -0.2) is 12.8 Å². The molecule has 3 rings (SSSR count). The molecule has 0 bridgehead atoms. The average Bonchev–Trinajstić information content (AvgIpc) is 2.75. The molecule has 0 spiro atoms. The summed E-state index contributed by atoms with van der Waals surface area (Å²) in [6, 6.07) is 16.4. The van der Waals surface area contributed by atoms with Crippen LogP contribution in [0.15, 0.2) is 60.7 Å². The van der Waals surface area contributed by atoms with E-state index < -0.39 is 17.8 Å². The number of unbranched alkanes of at least 4 members (excludes halogenated alkanes) is 2. The minimum Gasteiger partial charge on any atom is -0.434 e. The Balaban J connectivity index is 1.76. The highest BCUT2D eigenvalue weighted by Crippen LogP contribution is 2.31. The van der Waals surface area contributed by atoms with Crippen molar-refractivity contribution < 1.29 is 23.0 Å². The lowest BCUT2D eigenvalue weighted by Gasteiger charge is -2.10. The van der Waals surface area contributed by atoms with Crippen LogP contribution in [0.1, 0.15) is 38.7 Å². The maximum Gasteiger partial charge on any atom is 0.513 e. The number of benzene rings is 3. The molecule has 0 radical (unpaired) electrons. The van der Waals surface area contributed by atoms with E-state index in [1.807, 2.05) is 6.07 Å². The zero-order valence-corrected chi connectivity index (χ0v) is 17.8. The van der Waals surface area contributed by atoms with E-state index in [0.29, 0.717) is 11.3 Å². The number of hydrogen-bond acceptors (Lipinski definition) is 3. The molecule has 0 unspecified atom stereocenters. The van der Waals surface area contributed by atoms with Crippen molar-refractivity contribution in [3.63, 3.8) is 0 Å². The predicted octanol–water partition coefficient (Wildman–Crippen LogP) is 7.57. The van der Waals surface area contributed by atoms with Crippen molar-refractivity contribution in [2.24, 2.45) is 0 Å². The minimum absolute atomic E-state index is 0.226. The number of carbonyl (C=O) groups is 1. The van der Waals surface area contributed by atoms with Crippen LogP contribution in [0.3, 0.4) is 0 Å². The van der Waals surface area contributed by atoms with Gasteiger partial charge in [-0.1, -0.05) is 56.2 Å². The van der Waals surface area contributed by atoms with E-state index in [4.69, 9.17) is 9.47 Å². The van der Waals surface area contributed by atoms with Gasteiger partial charge in [0.15, 0.2) is 0 Å². The van der Waals surface area contributed by atoms with Gasteiger partial charge in [0.2, 0.25) is 0 Å². The molecule has 0 aliphatic carbocycles. The Morgan fingerprint density at radius 2 is 1.45 bits per heavy atom. The lowest BCUT2D eigenvalue weighted by Crippen LogP contribution is -2.09. The quantitative estimate of drug-likeness (QED) is 0.213. The Bertz CT molecular complexity index is 1030. The molecule has 0 fully saturated rings. The molecule has 3 aromatic carbocycles. The number of hydrogen-bond donors (Lipinski definition) is 0. The second-order valence-electron chi connectivity index (χ2n) is 7.28. The standard InChI is InChI=1S/C26H26F2O3/c1-3-5-6-7-18-8-14-22(24(27)16-18)23-15-11-20(17-25(23)28)19-9-12-21(13-10-19)31-26(29)30-4-2/h8-17H,3-7H2,1-2H3. The number of aryl methyl sites for hydroxylation is 1. The molecule has 31 heavy (non-hydrogen) atoms. The van der Waals surface area contributed by atoms with E-state index in [1.165, 1.54) is 12.1 Å². The molecule has 0 amide bonds. The Kier molecular flexibility index (Phi) is 7.76. The van der Waals surface area contributed by atoms with Crippen LogP contribution < -0.4 is 4.74 Å². The number of halogens is 2. The number of carbonyl (C=O) groups excluding carboxylic acids is 1. The molecule has 0 saturated carbocycles. The van der Waals surface area contributed by atoms with Crippen LogP contribution >= 0.6 is 0 Å². The van der Waals surface area contributed by atoms with Crippen LogP contribution in [-0.2, 0) is 11.2 Å². The number of ether oxygens (including phenoxy) is 2. The first-order chi connectivity index (χ1) is 15.0. The summed E-state index contributed by atoms with van der Waals surface area (Å²) >= 11 is 0. The van der Waals surface area contributed by atoms with Crippen LogP contribution in [0.5, 0.6) is 5.75 Å². The maximum absolute atomic E-state index is 14.8. The lowest BCUT2D eigenvalue weighted by molar-refractivity contribution is 0.104. The van der Waals surface area contributed by atoms with Gasteiger partial charge in [-0.05, 0) is 60.7 Å². The summed E-state index contributed by atoms with van der Waals surface area (Å²) in [5, 5.41) is 0. The first-order valence-corrected chi connectivity index (χ1v) is 10.5. The van der Waals surface area contributed by atoms with E-state index >= 15 is 0 Å². The highest BCUT2D eigenvalue weighted by atomic mass is 19.1. The van der Waals surface area contributed by atoms with Crippen molar-refractivity contribution in [3.05, 3.63) is 77.9 Å². The third kappa shape index (κ3) is 5.91. The predicted molar refractivity (Wildman–Crippen MR) is 118 cm³/mol. The SMILES string of the molecule is CCCCCc1ccc(-c2ccc(-c3ccc(OC(=O)OCC)cc3)cc2F)c(F)c1. The fourth-order valence-electron chi connectivity index (χ4n) is 3.38. The molecular weight excluding hydrogens is 398 g/mol. The van der Waals surface area contributed by atoms with Crippen LogP contribution in [0.2, 0.25) is 0 Å². The Hall–Kier alpha value is -3.21. The van der Waals surface area contributed by atoms with Gasteiger partial charge in [-0.15, -0.1) is 0 Å². The highest BCUT2D eigenvalue weighted by molar-refractivity contribution is 5.72. The second kappa shape index (κ2) is 10.7. The van der Waals surface area contributed by atoms with Gasteiger partial charge in [-0.3, -0.25) is 0 Å². The van der Waals surface area contributed by atoms with Crippen molar-refractivity contribution in [1.82, 2.24) is 0 Å². The van der Waals surface area contributed by atoms with E-state index in [-0.39, 0.29) is 17.7 Å². The van der Waals surface area contributed by atoms with Gasteiger partial charge >= 0.3 is 6.16 Å². The van der Waals surface area contributed by atoms with Crippen molar-refractivity contribution >= 4 is 6.16 Å². The highest BCUT2D eigenvalue weighted by Gasteiger charge is 2.13. The monoisotopic (exact) mass is 424 g/mol. The molecule has 0 N–H and O–H groups in total. The summed E-state index contributed by atoms with van der Waals surface area (Å²) in [5.74, 6) is -0.580. The summed E-state index contributed by atoms with van der Waals surface area (Å²) in [4.78, 5) is 11.4. The van der Waals surface area contributed by atoms with Gasteiger partial charge in [-0.25, -0.2) is 13.6 Å². The molecule has 0 aliphatic rings. The first-order valence-electron chi connectivity index (χ1n) is 10.5. The van der Waals surface area contributed by atoms with Gasteiger partial charge in [0.05, 0.1) is 6.61 Å². The summed E-state index contributed by atoms with van der Waals surface area (Å²) in [6.07, 6.45) is 3.28. The van der Waals surface area contributed by atoms with Crippen molar-refractivity contribution in [2.45, 2.75) is 39.5 Å². The first kappa shape index (κ1) is 22.5. The Morgan fingerprint density at radius 1 is 0.806 bits per heavy atom. The summed E-state index contributed by atoms with van der Waals surface area (Å²) < 4.78 is 39.2. The molecule has 162 valence electrons. The van der Waals surface area contributed by atoms with Crippen LogP contribution in [0.25, 0.3) is 22.3 Å². The van der Waals surface area contributed by atoms with Gasteiger partial charge < -0.3 is 9.47 Å². The lowest BCUT2D eigenvalue weighted by atomic mass is 9.97. The van der Waals surface area contributed by atoms with E-state index in [9.17, 15) is 13.6 Å². The fourth-order valence-corrected chi connectivity index (χ4v) is 3.38. The van der Waals surface area contributed by atoms with Gasteiger partial charge in [0.25, 0.3) is 0 Å². The van der Waals surface area contributed by atoms with E-state index in [0.717, 1.165) is 36.8 Å². The largest absolute Gasteiger partial charge is 0.513 e. The van der Waals surface area contributed by atoms with Crippen LogP contribution in [0.4, 0.5) is 13.6 Å². The van der Waals surface area contributed by atoms with Gasteiger partial charge in [-0.2, -0.15) is 0 Å². The van der Waals surface area contributed by atoms with Crippen molar-refractivity contribution in [3.8, 4) is 28.0 Å². The molecule has 0 heterocycles. The third-order valence-electron chi connectivity index (χ3n) is 5.01. The topological polar surface area (TPSA) is 35.5 Å². The average molecular weight is 424 g/mol. The maximum atomic E-state index is 14.8. The summed E-state index contributed by atoms with van der Waals surface area (Å²) in [5.41, 5.74) is 2.79. The smallest absolute Gasteiger partial charge is 0.434 e. The van der Waals surface area contributed by atoms with E-state index in [2.05, 4.69) is 6.92 Å². The normalized spacial score (nSPS) is 10.7.